The summed E-state index contributed by atoms with van der Waals surface area (Å²) in [7, 11) is 0. The first kappa shape index (κ1) is 13.9. The van der Waals surface area contributed by atoms with Crippen LogP contribution in [0.3, 0.4) is 0 Å². The van der Waals surface area contributed by atoms with E-state index in [1.54, 1.807) is 19.1 Å². The van der Waals surface area contributed by atoms with Gasteiger partial charge in [0.15, 0.2) is 0 Å². The van der Waals surface area contributed by atoms with Crippen LogP contribution in [0.4, 0.5) is 11.4 Å². The summed E-state index contributed by atoms with van der Waals surface area (Å²) in [5, 5.41) is 12.3. The third kappa shape index (κ3) is 2.74. The number of amides is 1. The Labute approximate surface area is 118 Å². The molecule has 104 valence electrons. The van der Waals surface area contributed by atoms with Gasteiger partial charge in [0, 0.05) is 16.9 Å². The Morgan fingerprint density at radius 2 is 1.75 bits per heavy atom. The molecule has 4 N–H and O–H groups in total. The lowest BCUT2D eigenvalue weighted by atomic mass is 10.1. The molecular formula is C16H18N2O2. The highest BCUT2D eigenvalue weighted by Gasteiger charge is 2.11. The Balaban J connectivity index is 2.30. The van der Waals surface area contributed by atoms with Crippen LogP contribution in [0.1, 0.15) is 27.0 Å². The first-order chi connectivity index (χ1) is 9.38. The van der Waals surface area contributed by atoms with Gasteiger partial charge in [0.1, 0.15) is 5.75 Å². The highest BCUT2D eigenvalue weighted by molar-refractivity contribution is 6.05. The summed E-state index contributed by atoms with van der Waals surface area (Å²) in [5.74, 6) is -0.0478. The minimum absolute atomic E-state index is 0.151. The number of carbonyl (C=O) groups is 1. The van der Waals surface area contributed by atoms with Crippen molar-refractivity contribution < 1.29 is 9.90 Å². The Bertz CT molecular complexity index is 678. The second-order valence-corrected chi connectivity index (χ2v) is 4.98. The van der Waals surface area contributed by atoms with Crippen LogP contribution in [0.15, 0.2) is 30.3 Å². The van der Waals surface area contributed by atoms with Gasteiger partial charge in [0.25, 0.3) is 5.91 Å². The number of anilines is 2. The van der Waals surface area contributed by atoms with Crippen LogP contribution in [-0.2, 0) is 0 Å². The van der Waals surface area contributed by atoms with Gasteiger partial charge in [-0.15, -0.1) is 0 Å². The molecule has 0 aromatic heterocycles. The molecule has 0 aliphatic heterocycles. The van der Waals surface area contributed by atoms with Crippen LogP contribution in [0.5, 0.6) is 5.75 Å². The average Bonchev–Trinajstić information content (AvgIpc) is 2.35. The van der Waals surface area contributed by atoms with Crippen LogP contribution in [0.25, 0.3) is 0 Å². The van der Waals surface area contributed by atoms with E-state index in [9.17, 15) is 9.90 Å². The monoisotopic (exact) mass is 270 g/mol. The molecule has 4 heteroatoms. The summed E-state index contributed by atoms with van der Waals surface area (Å²) in [6.45, 7) is 5.58. The van der Waals surface area contributed by atoms with Crippen molar-refractivity contribution in [3.63, 3.8) is 0 Å². The largest absolute Gasteiger partial charge is 0.508 e. The Hall–Kier alpha value is -2.49. The fraction of sp³-hybridized carbons (Fsp3) is 0.188. The highest BCUT2D eigenvalue weighted by atomic mass is 16.3. The highest BCUT2D eigenvalue weighted by Crippen LogP contribution is 2.23. The summed E-state index contributed by atoms with van der Waals surface area (Å²) in [5.41, 5.74) is 10.4. The number of nitrogens with two attached hydrogens (primary N) is 1. The quantitative estimate of drug-likeness (QED) is 0.734. The Kier molecular flexibility index (Phi) is 3.66. The molecule has 0 fully saturated rings. The van der Waals surface area contributed by atoms with Crippen molar-refractivity contribution in [3.05, 3.63) is 52.6 Å². The normalized spacial score (nSPS) is 10.3. The summed E-state index contributed by atoms with van der Waals surface area (Å²) >= 11 is 0. The average molecular weight is 270 g/mol. The smallest absolute Gasteiger partial charge is 0.255 e. The van der Waals surface area contributed by atoms with E-state index in [0.717, 1.165) is 22.4 Å². The van der Waals surface area contributed by atoms with E-state index in [1.807, 2.05) is 26.0 Å². The number of phenolic OH excluding ortho intramolecular Hbond substituents is 1. The molecule has 0 heterocycles. The minimum atomic E-state index is -0.199. The molecule has 0 aliphatic carbocycles. The second-order valence-electron chi connectivity index (χ2n) is 4.98. The molecule has 0 bridgehead atoms. The van der Waals surface area contributed by atoms with E-state index in [1.165, 1.54) is 6.07 Å². The first-order valence-electron chi connectivity index (χ1n) is 6.36. The molecule has 0 saturated carbocycles. The number of phenols is 1. The number of aryl methyl sites for hydroxylation is 3. The molecule has 2 aromatic rings. The van der Waals surface area contributed by atoms with Gasteiger partial charge < -0.3 is 16.2 Å². The molecule has 0 spiro atoms. The number of benzene rings is 2. The number of nitrogens with one attached hydrogen (secondary N) is 1. The van der Waals surface area contributed by atoms with Gasteiger partial charge in [0.2, 0.25) is 0 Å². The van der Waals surface area contributed by atoms with E-state index in [0.29, 0.717) is 11.3 Å². The number of hydrogen-bond donors (Lipinski definition) is 3. The van der Waals surface area contributed by atoms with Gasteiger partial charge >= 0.3 is 0 Å². The zero-order valence-corrected chi connectivity index (χ0v) is 11.8. The first-order valence-corrected chi connectivity index (χ1v) is 6.36. The molecule has 0 atom stereocenters. The van der Waals surface area contributed by atoms with E-state index < -0.39 is 0 Å². The number of aromatic hydroxyl groups is 1. The zero-order chi connectivity index (χ0) is 14.9. The van der Waals surface area contributed by atoms with E-state index >= 15 is 0 Å². The molecule has 2 aromatic carbocycles. The molecule has 2 rings (SSSR count). The van der Waals surface area contributed by atoms with E-state index in [-0.39, 0.29) is 11.7 Å². The van der Waals surface area contributed by atoms with E-state index in [4.69, 9.17) is 5.73 Å². The third-order valence-electron chi connectivity index (χ3n) is 3.32. The fourth-order valence-corrected chi connectivity index (χ4v) is 2.07. The van der Waals surface area contributed by atoms with Crippen molar-refractivity contribution in [3.8, 4) is 5.75 Å². The summed E-state index contributed by atoms with van der Waals surface area (Å²) < 4.78 is 0. The SMILES string of the molecule is Cc1cc(NC(=O)c2ccc(O)cc2C)c(C)cc1N. The Morgan fingerprint density at radius 1 is 1.05 bits per heavy atom. The minimum Gasteiger partial charge on any atom is -0.508 e. The van der Waals surface area contributed by atoms with Gasteiger partial charge in [0.05, 0.1) is 0 Å². The van der Waals surface area contributed by atoms with Crippen molar-refractivity contribution in [1.29, 1.82) is 0 Å². The molecule has 0 radical (unpaired) electrons. The van der Waals surface area contributed by atoms with Crippen LogP contribution in [0.2, 0.25) is 0 Å². The van der Waals surface area contributed by atoms with Crippen molar-refractivity contribution in [2.24, 2.45) is 0 Å². The number of nitrogen functional groups attached to an aromatic ring is 1. The van der Waals surface area contributed by atoms with Crippen molar-refractivity contribution in [1.82, 2.24) is 0 Å². The number of rotatable bonds is 2. The molecule has 20 heavy (non-hydrogen) atoms. The lowest BCUT2D eigenvalue weighted by molar-refractivity contribution is 0.102. The summed E-state index contributed by atoms with van der Waals surface area (Å²) in [6, 6.07) is 8.38. The van der Waals surface area contributed by atoms with Gasteiger partial charge in [-0.2, -0.15) is 0 Å². The van der Waals surface area contributed by atoms with Gasteiger partial charge in [-0.1, -0.05) is 0 Å². The Morgan fingerprint density at radius 3 is 2.40 bits per heavy atom. The number of hydrogen-bond acceptors (Lipinski definition) is 3. The summed E-state index contributed by atoms with van der Waals surface area (Å²) in [6.07, 6.45) is 0. The zero-order valence-electron chi connectivity index (χ0n) is 11.8. The van der Waals surface area contributed by atoms with Gasteiger partial charge in [-0.3, -0.25) is 4.79 Å². The maximum atomic E-state index is 12.3. The molecule has 1 amide bonds. The van der Waals surface area contributed by atoms with Crippen LogP contribution in [0, 0.1) is 20.8 Å². The van der Waals surface area contributed by atoms with Gasteiger partial charge in [-0.25, -0.2) is 0 Å². The molecule has 4 nitrogen and oxygen atoms in total. The maximum Gasteiger partial charge on any atom is 0.255 e. The van der Waals surface area contributed by atoms with Crippen molar-refractivity contribution >= 4 is 17.3 Å². The topological polar surface area (TPSA) is 75.3 Å². The van der Waals surface area contributed by atoms with Crippen molar-refractivity contribution in [2.75, 3.05) is 11.1 Å². The van der Waals surface area contributed by atoms with E-state index in [2.05, 4.69) is 5.32 Å². The lowest BCUT2D eigenvalue weighted by Gasteiger charge is -2.12. The molecule has 0 aliphatic rings. The fourth-order valence-electron chi connectivity index (χ4n) is 2.07. The molecular weight excluding hydrogens is 252 g/mol. The second kappa shape index (κ2) is 5.25. The maximum absolute atomic E-state index is 12.3. The van der Waals surface area contributed by atoms with Crippen LogP contribution in [-0.4, -0.2) is 11.0 Å². The third-order valence-corrected chi connectivity index (χ3v) is 3.32. The van der Waals surface area contributed by atoms with Crippen LogP contribution >= 0.6 is 0 Å². The molecule has 0 saturated heterocycles. The van der Waals surface area contributed by atoms with Gasteiger partial charge in [-0.05, 0) is 67.8 Å². The lowest BCUT2D eigenvalue weighted by Crippen LogP contribution is -2.14. The predicted octanol–water partition coefficient (Wildman–Crippen LogP) is 3.15. The number of carbonyl (C=O) groups excluding carboxylic acids is 1. The molecule has 0 unspecified atom stereocenters. The summed E-state index contributed by atoms with van der Waals surface area (Å²) in [4.78, 5) is 12.3. The van der Waals surface area contributed by atoms with Crippen molar-refractivity contribution in [2.45, 2.75) is 20.8 Å². The van der Waals surface area contributed by atoms with Crippen LogP contribution < -0.4 is 11.1 Å². The predicted molar refractivity (Wildman–Crippen MR) is 81.1 cm³/mol. The standard InChI is InChI=1S/C16H18N2O2/c1-9-6-12(19)4-5-13(9)16(20)18-15-8-10(2)14(17)7-11(15)3/h4-8,19H,17H2,1-3H3,(H,18,20).